The molecule has 1 aromatic rings. The zero-order valence-electron chi connectivity index (χ0n) is 11.7. The molecule has 9 heteroatoms. The van der Waals surface area contributed by atoms with Gasteiger partial charge in [0.15, 0.2) is 11.5 Å². The van der Waals surface area contributed by atoms with Gasteiger partial charge in [-0.3, -0.25) is 0 Å². The number of benzene rings is 1. The molecule has 22 heavy (non-hydrogen) atoms. The summed E-state index contributed by atoms with van der Waals surface area (Å²) in [5.41, 5.74) is 0. The Morgan fingerprint density at radius 1 is 1.23 bits per heavy atom. The predicted molar refractivity (Wildman–Crippen MR) is 73.9 cm³/mol. The second-order valence-electron chi connectivity index (χ2n) is 4.64. The Kier molecular flexibility index (Phi) is 5.54. The Morgan fingerprint density at radius 3 is 2.55 bits per heavy atom. The highest BCUT2D eigenvalue weighted by Crippen LogP contribution is 2.32. The van der Waals surface area contributed by atoms with Crippen molar-refractivity contribution in [1.82, 2.24) is 4.31 Å². The van der Waals surface area contributed by atoms with Gasteiger partial charge in [-0.1, -0.05) is 0 Å². The average molecular weight is 337 g/mol. The summed E-state index contributed by atoms with van der Waals surface area (Å²) in [6.07, 6.45) is -2.17. The third kappa shape index (κ3) is 3.84. The van der Waals surface area contributed by atoms with Gasteiger partial charge in [-0.25, -0.2) is 17.2 Å². The summed E-state index contributed by atoms with van der Waals surface area (Å²) in [5.74, 6) is 0.679. The lowest BCUT2D eigenvalue weighted by atomic mass is 10.3. The van der Waals surface area contributed by atoms with Crippen molar-refractivity contribution in [3.8, 4) is 11.5 Å². The molecule has 0 unspecified atom stereocenters. The van der Waals surface area contributed by atoms with Crippen molar-refractivity contribution < 1.29 is 31.8 Å². The number of hydrogen-bond donors (Lipinski definition) is 1. The number of ether oxygens (including phenoxy) is 2. The molecule has 1 aliphatic heterocycles. The fraction of sp³-hybridized carbons (Fsp3) is 0.538. The number of aliphatic hydroxyl groups excluding tert-OH is 1. The number of halogens is 2. The number of sulfonamides is 1. The molecule has 0 saturated carbocycles. The second-order valence-corrected chi connectivity index (χ2v) is 6.57. The molecule has 0 aromatic heterocycles. The maximum absolute atomic E-state index is 12.5. The van der Waals surface area contributed by atoms with E-state index in [4.69, 9.17) is 14.6 Å². The molecule has 2 rings (SSSR count). The standard InChI is InChI=1S/C13H17F2NO5S/c14-13(15)9-16(4-5-17)22(18,19)10-2-3-11-12(8-10)21-7-1-6-20-11/h2-3,8,13,17H,1,4-7,9H2. The lowest BCUT2D eigenvalue weighted by molar-refractivity contribution is 0.113. The molecule has 1 N–H and O–H groups in total. The highest BCUT2D eigenvalue weighted by Gasteiger charge is 2.28. The van der Waals surface area contributed by atoms with Gasteiger partial charge in [0, 0.05) is 19.0 Å². The van der Waals surface area contributed by atoms with Gasteiger partial charge in [-0.2, -0.15) is 4.31 Å². The van der Waals surface area contributed by atoms with E-state index in [0.29, 0.717) is 29.7 Å². The van der Waals surface area contributed by atoms with Crippen molar-refractivity contribution in [2.75, 3.05) is 32.9 Å². The Morgan fingerprint density at radius 2 is 1.91 bits per heavy atom. The third-order valence-electron chi connectivity index (χ3n) is 3.05. The van der Waals surface area contributed by atoms with E-state index in [2.05, 4.69) is 0 Å². The minimum absolute atomic E-state index is 0.175. The predicted octanol–water partition coefficient (Wildman–Crippen LogP) is 1.10. The van der Waals surface area contributed by atoms with E-state index in [-0.39, 0.29) is 10.6 Å². The molecule has 0 atom stereocenters. The molecule has 0 bridgehead atoms. The number of aliphatic hydroxyl groups is 1. The number of alkyl halides is 2. The van der Waals surface area contributed by atoms with Crippen molar-refractivity contribution >= 4 is 10.0 Å². The summed E-state index contributed by atoms with van der Waals surface area (Å²) in [5, 5.41) is 8.89. The van der Waals surface area contributed by atoms with Crippen LogP contribution in [0.25, 0.3) is 0 Å². The monoisotopic (exact) mass is 337 g/mol. The summed E-state index contributed by atoms with van der Waals surface area (Å²) < 4.78 is 61.3. The minimum Gasteiger partial charge on any atom is -0.490 e. The van der Waals surface area contributed by atoms with Crippen LogP contribution in [0, 0.1) is 0 Å². The molecular weight excluding hydrogens is 320 g/mol. The van der Waals surface area contributed by atoms with Gasteiger partial charge in [-0.15, -0.1) is 0 Å². The van der Waals surface area contributed by atoms with Gasteiger partial charge in [0.1, 0.15) is 0 Å². The van der Waals surface area contributed by atoms with Crippen LogP contribution < -0.4 is 9.47 Å². The molecule has 0 amide bonds. The third-order valence-corrected chi connectivity index (χ3v) is 4.91. The first-order valence-electron chi connectivity index (χ1n) is 6.74. The molecule has 0 radical (unpaired) electrons. The SMILES string of the molecule is O=S(=O)(c1ccc2c(c1)OCCCO2)N(CCO)CC(F)F. The van der Waals surface area contributed by atoms with Gasteiger partial charge >= 0.3 is 0 Å². The highest BCUT2D eigenvalue weighted by atomic mass is 32.2. The maximum Gasteiger partial charge on any atom is 0.252 e. The lowest BCUT2D eigenvalue weighted by Gasteiger charge is -2.21. The van der Waals surface area contributed by atoms with E-state index in [1.54, 1.807) is 0 Å². The fourth-order valence-electron chi connectivity index (χ4n) is 2.03. The van der Waals surface area contributed by atoms with E-state index in [1.165, 1.54) is 18.2 Å². The molecule has 0 spiro atoms. The molecule has 0 saturated heterocycles. The molecule has 1 heterocycles. The molecule has 0 fully saturated rings. The summed E-state index contributed by atoms with van der Waals surface area (Å²) in [4.78, 5) is -0.175. The normalized spacial score (nSPS) is 15.1. The van der Waals surface area contributed by atoms with Crippen molar-refractivity contribution in [2.45, 2.75) is 17.7 Å². The summed E-state index contributed by atoms with van der Waals surface area (Å²) in [6.45, 7) is -1.08. The Labute approximate surface area is 127 Å². The number of hydrogen-bond acceptors (Lipinski definition) is 5. The fourth-order valence-corrected chi connectivity index (χ4v) is 3.45. The average Bonchev–Trinajstić information content (AvgIpc) is 2.70. The number of nitrogens with zero attached hydrogens (tertiary/aromatic N) is 1. The first-order valence-corrected chi connectivity index (χ1v) is 8.18. The summed E-state index contributed by atoms with van der Waals surface area (Å²) >= 11 is 0. The van der Waals surface area contributed by atoms with Crippen molar-refractivity contribution in [2.24, 2.45) is 0 Å². The van der Waals surface area contributed by atoms with Crippen LogP contribution in [0.1, 0.15) is 6.42 Å². The van der Waals surface area contributed by atoms with Crippen LogP contribution in [-0.2, 0) is 10.0 Å². The maximum atomic E-state index is 12.5. The first-order chi connectivity index (χ1) is 10.4. The van der Waals surface area contributed by atoms with E-state index < -0.39 is 36.1 Å². The van der Waals surface area contributed by atoms with Crippen LogP contribution in [0.15, 0.2) is 23.1 Å². The molecule has 6 nitrogen and oxygen atoms in total. The van der Waals surface area contributed by atoms with Crippen molar-refractivity contribution in [3.63, 3.8) is 0 Å². The molecule has 1 aromatic carbocycles. The van der Waals surface area contributed by atoms with Crippen LogP contribution in [0.3, 0.4) is 0 Å². The molecule has 1 aliphatic rings. The van der Waals surface area contributed by atoms with Gasteiger partial charge in [-0.05, 0) is 12.1 Å². The highest BCUT2D eigenvalue weighted by molar-refractivity contribution is 7.89. The summed E-state index contributed by atoms with van der Waals surface area (Å²) in [6, 6.07) is 3.97. The van der Waals surface area contributed by atoms with Crippen LogP contribution in [0.2, 0.25) is 0 Å². The van der Waals surface area contributed by atoms with E-state index >= 15 is 0 Å². The molecule has 0 aliphatic carbocycles. The van der Waals surface area contributed by atoms with E-state index in [0.717, 1.165) is 0 Å². The Bertz CT molecular complexity index is 608. The topological polar surface area (TPSA) is 76.1 Å². The Hall–Kier alpha value is -1.45. The Balaban J connectivity index is 2.33. The van der Waals surface area contributed by atoms with Crippen molar-refractivity contribution in [1.29, 1.82) is 0 Å². The minimum atomic E-state index is -4.15. The summed E-state index contributed by atoms with van der Waals surface area (Å²) in [7, 11) is -4.15. The zero-order valence-corrected chi connectivity index (χ0v) is 12.6. The number of fused-ring (bicyclic) bond motifs is 1. The van der Waals surface area contributed by atoms with Gasteiger partial charge < -0.3 is 14.6 Å². The largest absolute Gasteiger partial charge is 0.490 e. The van der Waals surface area contributed by atoms with Gasteiger partial charge in [0.2, 0.25) is 10.0 Å². The van der Waals surface area contributed by atoms with E-state index in [1.807, 2.05) is 0 Å². The quantitative estimate of drug-likeness (QED) is 0.841. The lowest BCUT2D eigenvalue weighted by Crippen LogP contribution is -2.37. The van der Waals surface area contributed by atoms with Crippen LogP contribution >= 0.6 is 0 Å². The smallest absolute Gasteiger partial charge is 0.252 e. The second kappa shape index (κ2) is 7.21. The number of rotatable bonds is 6. The van der Waals surface area contributed by atoms with E-state index in [9.17, 15) is 17.2 Å². The molecular formula is C13H17F2NO5S. The van der Waals surface area contributed by atoms with Crippen molar-refractivity contribution in [3.05, 3.63) is 18.2 Å². The van der Waals surface area contributed by atoms with Gasteiger partial charge in [0.25, 0.3) is 6.43 Å². The van der Waals surface area contributed by atoms with Crippen LogP contribution in [0.4, 0.5) is 8.78 Å². The zero-order chi connectivity index (χ0) is 16.2. The van der Waals surface area contributed by atoms with Gasteiger partial charge in [0.05, 0.1) is 31.3 Å². The first kappa shape index (κ1) is 16.9. The van der Waals surface area contributed by atoms with Crippen LogP contribution in [0.5, 0.6) is 11.5 Å². The molecule has 124 valence electrons. The van der Waals surface area contributed by atoms with Crippen LogP contribution in [-0.4, -0.2) is 57.2 Å².